The summed E-state index contributed by atoms with van der Waals surface area (Å²) >= 11 is 1.94. The van der Waals surface area contributed by atoms with Gasteiger partial charge in [-0.15, -0.1) is 0 Å². The summed E-state index contributed by atoms with van der Waals surface area (Å²) in [7, 11) is 0. The Morgan fingerprint density at radius 1 is 1.25 bits per heavy atom. The van der Waals surface area contributed by atoms with Crippen molar-refractivity contribution in [2.45, 2.75) is 24.9 Å². The average Bonchev–Trinajstić information content (AvgIpc) is 3.13. The number of hydrogen-bond acceptors (Lipinski definition) is 3. The number of pyridine rings is 1. The Kier molecular flexibility index (Phi) is 2.77. The number of hydrogen-bond donors (Lipinski definition) is 0. The fourth-order valence-corrected chi connectivity index (χ4v) is 3.92. The largest absolute Gasteiger partial charge is 0.303 e. The molecule has 0 atom stereocenters. The van der Waals surface area contributed by atoms with Crippen LogP contribution in [0.5, 0.6) is 0 Å². The minimum atomic E-state index is 0.936. The first kappa shape index (κ1) is 12.0. The van der Waals surface area contributed by atoms with Crippen molar-refractivity contribution in [3.05, 3.63) is 53.7 Å². The molecule has 4 heteroatoms. The lowest BCUT2D eigenvalue weighted by Crippen LogP contribution is -2.05. The standard InChI is InChI=1S/C16H15N3S/c1-2-15-17-7-8-19(15)16-11-5-3-4-6-13(11)18-14-10-20-9-12(14)16/h3-8H,2,9-10H2,1H3. The van der Waals surface area contributed by atoms with Gasteiger partial charge in [-0.2, -0.15) is 11.8 Å². The van der Waals surface area contributed by atoms with Crippen molar-refractivity contribution in [3.63, 3.8) is 0 Å². The molecule has 20 heavy (non-hydrogen) atoms. The number of aromatic nitrogens is 3. The zero-order chi connectivity index (χ0) is 13.5. The number of para-hydroxylation sites is 1. The van der Waals surface area contributed by atoms with E-state index in [1.54, 1.807) is 0 Å². The summed E-state index contributed by atoms with van der Waals surface area (Å²) in [5.74, 6) is 3.17. The molecule has 0 saturated carbocycles. The minimum Gasteiger partial charge on any atom is -0.303 e. The third-order valence-corrected chi connectivity index (χ3v) is 4.78. The maximum Gasteiger partial charge on any atom is 0.112 e. The fourth-order valence-electron chi connectivity index (χ4n) is 2.88. The third-order valence-electron chi connectivity index (χ3n) is 3.81. The second-order valence-corrected chi connectivity index (χ2v) is 5.95. The lowest BCUT2D eigenvalue weighted by Gasteiger charge is -2.14. The van der Waals surface area contributed by atoms with Gasteiger partial charge in [0.1, 0.15) is 5.82 Å². The van der Waals surface area contributed by atoms with E-state index in [4.69, 9.17) is 4.98 Å². The zero-order valence-corrected chi connectivity index (χ0v) is 12.2. The molecule has 0 spiro atoms. The van der Waals surface area contributed by atoms with E-state index in [-0.39, 0.29) is 0 Å². The van der Waals surface area contributed by atoms with Gasteiger partial charge in [-0.05, 0) is 6.07 Å². The Morgan fingerprint density at radius 3 is 3.05 bits per heavy atom. The molecule has 0 bridgehead atoms. The Hall–Kier alpha value is -1.81. The molecule has 0 N–H and O–H groups in total. The lowest BCUT2D eigenvalue weighted by atomic mass is 10.1. The minimum absolute atomic E-state index is 0.936. The molecule has 1 aliphatic rings. The number of benzene rings is 1. The van der Waals surface area contributed by atoms with Crippen LogP contribution in [0.1, 0.15) is 24.0 Å². The van der Waals surface area contributed by atoms with E-state index >= 15 is 0 Å². The molecular formula is C16H15N3S. The van der Waals surface area contributed by atoms with E-state index in [2.05, 4.69) is 46.9 Å². The van der Waals surface area contributed by atoms with Crippen LogP contribution in [0.2, 0.25) is 0 Å². The number of imidazole rings is 1. The highest BCUT2D eigenvalue weighted by molar-refractivity contribution is 7.98. The summed E-state index contributed by atoms with van der Waals surface area (Å²) in [6.07, 6.45) is 4.90. The highest BCUT2D eigenvalue weighted by Gasteiger charge is 2.21. The number of aryl methyl sites for hydroxylation is 1. The fraction of sp³-hybridized carbons (Fsp3) is 0.250. The van der Waals surface area contributed by atoms with E-state index in [0.717, 1.165) is 29.3 Å². The van der Waals surface area contributed by atoms with Crippen molar-refractivity contribution in [2.75, 3.05) is 0 Å². The summed E-state index contributed by atoms with van der Waals surface area (Å²) < 4.78 is 2.24. The summed E-state index contributed by atoms with van der Waals surface area (Å²) in [6.45, 7) is 2.15. The number of fused-ring (bicyclic) bond motifs is 2. The number of nitrogens with zero attached hydrogens (tertiary/aromatic N) is 3. The molecule has 0 aliphatic carbocycles. The third kappa shape index (κ3) is 1.68. The molecule has 1 aromatic carbocycles. The van der Waals surface area contributed by atoms with Crippen LogP contribution < -0.4 is 0 Å². The van der Waals surface area contributed by atoms with Crippen LogP contribution in [-0.2, 0) is 17.9 Å². The van der Waals surface area contributed by atoms with Crippen molar-refractivity contribution in [3.8, 4) is 5.69 Å². The van der Waals surface area contributed by atoms with Crippen molar-refractivity contribution >= 4 is 22.7 Å². The molecule has 100 valence electrons. The van der Waals surface area contributed by atoms with Crippen molar-refractivity contribution in [2.24, 2.45) is 0 Å². The van der Waals surface area contributed by atoms with Crippen LogP contribution >= 0.6 is 11.8 Å². The molecule has 3 nitrogen and oxygen atoms in total. The highest BCUT2D eigenvalue weighted by atomic mass is 32.2. The van der Waals surface area contributed by atoms with Gasteiger partial charge in [-0.1, -0.05) is 25.1 Å². The Bertz CT molecular complexity index is 792. The zero-order valence-electron chi connectivity index (χ0n) is 11.3. The highest BCUT2D eigenvalue weighted by Crippen LogP contribution is 2.37. The maximum atomic E-state index is 4.83. The van der Waals surface area contributed by atoms with E-state index < -0.39 is 0 Å². The first-order valence-electron chi connectivity index (χ1n) is 6.89. The normalized spacial score (nSPS) is 13.8. The van der Waals surface area contributed by atoms with E-state index in [0.29, 0.717) is 0 Å². The van der Waals surface area contributed by atoms with Crippen LogP contribution in [0.25, 0.3) is 16.6 Å². The quantitative estimate of drug-likeness (QED) is 0.717. The Labute approximate surface area is 122 Å². The van der Waals surface area contributed by atoms with Crippen molar-refractivity contribution in [1.29, 1.82) is 0 Å². The summed E-state index contributed by atoms with van der Waals surface area (Å²) in [5.41, 5.74) is 4.98. The van der Waals surface area contributed by atoms with Gasteiger partial charge in [0.05, 0.1) is 16.9 Å². The van der Waals surface area contributed by atoms with Crippen LogP contribution in [0.15, 0.2) is 36.7 Å². The molecule has 3 heterocycles. The topological polar surface area (TPSA) is 30.7 Å². The second kappa shape index (κ2) is 4.63. The van der Waals surface area contributed by atoms with E-state index in [1.807, 2.05) is 18.0 Å². The van der Waals surface area contributed by atoms with Crippen LogP contribution in [0.3, 0.4) is 0 Å². The van der Waals surface area contributed by atoms with Gasteiger partial charge in [0.2, 0.25) is 0 Å². The molecule has 4 rings (SSSR count). The molecule has 3 aromatic rings. The van der Waals surface area contributed by atoms with Gasteiger partial charge in [0.15, 0.2) is 0 Å². The van der Waals surface area contributed by atoms with Gasteiger partial charge in [0.25, 0.3) is 0 Å². The molecule has 0 unspecified atom stereocenters. The smallest absolute Gasteiger partial charge is 0.112 e. The first-order valence-corrected chi connectivity index (χ1v) is 8.04. The molecule has 1 aliphatic heterocycles. The van der Waals surface area contributed by atoms with Crippen molar-refractivity contribution < 1.29 is 0 Å². The predicted molar refractivity (Wildman–Crippen MR) is 83.2 cm³/mol. The maximum absolute atomic E-state index is 4.83. The SMILES string of the molecule is CCc1nccn1-c1c2c(nc3ccccc13)CSC2. The van der Waals surface area contributed by atoms with E-state index in [1.165, 1.54) is 22.3 Å². The molecular weight excluding hydrogens is 266 g/mol. The van der Waals surface area contributed by atoms with Crippen LogP contribution in [-0.4, -0.2) is 14.5 Å². The second-order valence-electron chi connectivity index (χ2n) is 4.96. The van der Waals surface area contributed by atoms with Gasteiger partial charge in [-0.3, -0.25) is 4.98 Å². The van der Waals surface area contributed by atoms with Crippen LogP contribution in [0.4, 0.5) is 0 Å². The Morgan fingerprint density at radius 2 is 2.15 bits per heavy atom. The van der Waals surface area contributed by atoms with E-state index in [9.17, 15) is 0 Å². The summed E-state index contributed by atoms with van der Waals surface area (Å²) in [4.78, 5) is 9.31. The number of thioether (sulfide) groups is 1. The molecule has 0 radical (unpaired) electrons. The monoisotopic (exact) mass is 281 g/mol. The van der Waals surface area contributed by atoms with Gasteiger partial charge in [-0.25, -0.2) is 4.98 Å². The number of rotatable bonds is 2. The van der Waals surface area contributed by atoms with Gasteiger partial charge in [0, 0.05) is 41.3 Å². The summed E-state index contributed by atoms with van der Waals surface area (Å²) in [6, 6.07) is 8.41. The molecule has 0 saturated heterocycles. The first-order chi connectivity index (χ1) is 9.88. The average molecular weight is 281 g/mol. The predicted octanol–water partition coefficient (Wildman–Crippen LogP) is 3.73. The molecule has 2 aromatic heterocycles. The van der Waals surface area contributed by atoms with Crippen molar-refractivity contribution in [1.82, 2.24) is 14.5 Å². The van der Waals surface area contributed by atoms with Crippen LogP contribution in [0, 0.1) is 0 Å². The van der Waals surface area contributed by atoms with Gasteiger partial charge < -0.3 is 4.57 Å². The Balaban J connectivity index is 2.12. The summed E-state index contributed by atoms with van der Waals surface area (Å²) in [5, 5.41) is 1.22. The molecule has 0 amide bonds. The lowest BCUT2D eigenvalue weighted by molar-refractivity contribution is 0.887. The van der Waals surface area contributed by atoms with Gasteiger partial charge >= 0.3 is 0 Å². The molecule has 0 fully saturated rings.